The number of hydrogen-bond acceptors (Lipinski definition) is 3. The van der Waals surface area contributed by atoms with E-state index in [-0.39, 0.29) is 6.03 Å². The van der Waals surface area contributed by atoms with E-state index in [4.69, 9.17) is 0 Å². The van der Waals surface area contributed by atoms with Gasteiger partial charge in [0.25, 0.3) is 0 Å². The van der Waals surface area contributed by atoms with Gasteiger partial charge in [0.05, 0.1) is 11.4 Å². The highest BCUT2D eigenvalue weighted by Gasteiger charge is 2.16. The van der Waals surface area contributed by atoms with Crippen LogP contribution in [0.1, 0.15) is 17.0 Å². The summed E-state index contributed by atoms with van der Waals surface area (Å²) in [7, 11) is 3.46. The average molecular weight is 227 g/mol. The minimum atomic E-state index is -0.0945. The van der Waals surface area contributed by atoms with Gasteiger partial charge < -0.3 is 4.90 Å². The van der Waals surface area contributed by atoms with Crippen LogP contribution in [0.25, 0.3) is 0 Å². The molecule has 0 aliphatic heterocycles. The van der Waals surface area contributed by atoms with Gasteiger partial charge in [-0.3, -0.25) is 0 Å². The molecule has 0 saturated carbocycles. The Balaban J connectivity index is 3.11. The second kappa shape index (κ2) is 4.70. The lowest BCUT2D eigenvalue weighted by molar-refractivity contribution is 0.215. The zero-order valence-electron chi connectivity index (χ0n) is 9.87. The molecule has 0 N–H and O–H groups in total. The number of rotatable bonds is 2. The highest BCUT2D eigenvalue weighted by molar-refractivity contribution is 7.97. The Hall–Kier alpha value is -0.970. The van der Waals surface area contributed by atoms with Crippen LogP contribution < -0.4 is 0 Å². The van der Waals surface area contributed by atoms with Crippen LogP contribution in [0.4, 0.5) is 4.79 Å². The smallest absolute Gasteiger partial charge is 0.329 e. The van der Waals surface area contributed by atoms with Crippen LogP contribution in [0, 0.1) is 13.8 Å². The van der Waals surface area contributed by atoms with Gasteiger partial charge >= 0.3 is 6.03 Å². The van der Waals surface area contributed by atoms with Crippen LogP contribution in [-0.4, -0.2) is 41.1 Å². The maximum atomic E-state index is 11.8. The Labute approximate surface area is 94.6 Å². The fourth-order valence-electron chi connectivity index (χ4n) is 1.40. The summed E-state index contributed by atoms with van der Waals surface area (Å²) < 4.78 is 1.47. The quantitative estimate of drug-likeness (QED) is 0.774. The number of nitrogens with zero attached hydrogens (tertiary/aromatic N) is 3. The molecule has 0 aliphatic carbocycles. The minimum absolute atomic E-state index is 0.0945. The standard InChI is InChI=1S/C10H17N3OS/c1-7-9(6-15-5)8(2)13(11-7)10(14)12(3)4/h6H2,1-5H3. The third kappa shape index (κ3) is 2.34. The molecule has 5 heteroatoms. The summed E-state index contributed by atoms with van der Waals surface area (Å²) in [4.78, 5) is 13.3. The Morgan fingerprint density at radius 3 is 2.53 bits per heavy atom. The minimum Gasteiger partial charge on any atom is -0.329 e. The van der Waals surface area contributed by atoms with E-state index >= 15 is 0 Å². The van der Waals surface area contributed by atoms with E-state index in [1.54, 1.807) is 25.9 Å². The number of hydrogen-bond donors (Lipinski definition) is 0. The van der Waals surface area contributed by atoms with Crippen molar-refractivity contribution in [3.8, 4) is 0 Å². The second-order valence-corrected chi connectivity index (χ2v) is 4.54. The van der Waals surface area contributed by atoms with Crippen molar-refractivity contribution in [1.29, 1.82) is 0 Å². The van der Waals surface area contributed by atoms with Gasteiger partial charge in [-0.25, -0.2) is 4.79 Å². The third-order valence-corrected chi connectivity index (χ3v) is 2.87. The normalized spacial score (nSPS) is 10.5. The maximum absolute atomic E-state index is 11.8. The van der Waals surface area contributed by atoms with E-state index in [0.717, 1.165) is 22.7 Å². The molecule has 0 saturated heterocycles. The average Bonchev–Trinajstić information content (AvgIpc) is 2.45. The van der Waals surface area contributed by atoms with Crippen molar-refractivity contribution >= 4 is 17.8 Å². The number of carbonyl (C=O) groups is 1. The first-order valence-corrected chi connectivity index (χ1v) is 6.14. The molecule has 1 aromatic rings. The van der Waals surface area contributed by atoms with E-state index in [1.807, 2.05) is 20.1 Å². The van der Waals surface area contributed by atoms with E-state index < -0.39 is 0 Å². The van der Waals surface area contributed by atoms with Crippen molar-refractivity contribution in [3.63, 3.8) is 0 Å². The molecule has 1 aromatic heterocycles. The molecule has 1 heterocycles. The van der Waals surface area contributed by atoms with Crippen molar-refractivity contribution in [1.82, 2.24) is 14.7 Å². The van der Waals surface area contributed by atoms with Gasteiger partial charge in [0.1, 0.15) is 0 Å². The summed E-state index contributed by atoms with van der Waals surface area (Å²) in [5, 5.41) is 4.26. The van der Waals surface area contributed by atoms with Crippen molar-refractivity contribution in [2.75, 3.05) is 20.4 Å². The SMILES string of the molecule is CSCc1c(C)nn(C(=O)N(C)C)c1C. The van der Waals surface area contributed by atoms with Gasteiger partial charge in [-0.15, -0.1) is 0 Å². The molecule has 84 valence electrons. The molecule has 0 atom stereocenters. The first-order valence-electron chi connectivity index (χ1n) is 4.74. The van der Waals surface area contributed by atoms with Crippen molar-refractivity contribution in [3.05, 3.63) is 17.0 Å². The number of carbonyl (C=O) groups excluding carboxylic acids is 1. The molecule has 15 heavy (non-hydrogen) atoms. The first kappa shape index (κ1) is 12.1. The molecular weight excluding hydrogens is 210 g/mol. The van der Waals surface area contributed by atoms with Gasteiger partial charge in [-0.2, -0.15) is 21.5 Å². The molecular formula is C10H17N3OS. The molecule has 1 amide bonds. The van der Waals surface area contributed by atoms with Crippen molar-refractivity contribution < 1.29 is 4.79 Å². The zero-order valence-corrected chi connectivity index (χ0v) is 10.7. The molecule has 1 rings (SSSR count). The highest BCUT2D eigenvalue weighted by atomic mass is 32.2. The second-order valence-electron chi connectivity index (χ2n) is 3.67. The summed E-state index contributed by atoms with van der Waals surface area (Å²) in [6.07, 6.45) is 2.05. The Bertz CT molecular complexity index is 371. The van der Waals surface area contributed by atoms with Gasteiger partial charge in [0.2, 0.25) is 0 Å². The Morgan fingerprint density at radius 2 is 2.07 bits per heavy atom. The number of thioether (sulfide) groups is 1. The van der Waals surface area contributed by atoms with Crippen LogP contribution in [0.15, 0.2) is 0 Å². The number of aromatic nitrogens is 2. The summed E-state index contributed by atoms with van der Waals surface area (Å²) >= 11 is 1.74. The van der Waals surface area contributed by atoms with Gasteiger partial charge in [0.15, 0.2) is 0 Å². The molecule has 0 radical (unpaired) electrons. The molecule has 4 nitrogen and oxygen atoms in total. The largest absolute Gasteiger partial charge is 0.344 e. The van der Waals surface area contributed by atoms with Gasteiger partial charge in [-0.05, 0) is 20.1 Å². The number of aryl methyl sites for hydroxylation is 1. The fourth-order valence-corrected chi connectivity index (χ4v) is 2.11. The summed E-state index contributed by atoms with van der Waals surface area (Å²) in [5.41, 5.74) is 3.05. The predicted molar refractivity (Wildman–Crippen MR) is 63.4 cm³/mol. The van der Waals surface area contributed by atoms with Crippen LogP contribution in [0.3, 0.4) is 0 Å². The first-order chi connectivity index (χ1) is 6.99. The zero-order chi connectivity index (χ0) is 11.6. The van der Waals surface area contributed by atoms with Crippen LogP contribution >= 0.6 is 11.8 Å². The summed E-state index contributed by atoms with van der Waals surface area (Å²) in [6, 6.07) is -0.0945. The van der Waals surface area contributed by atoms with E-state index in [9.17, 15) is 4.79 Å². The lowest BCUT2D eigenvalue weighted by Gasteiger charge is -2.10. The predicted octanol–water partition coefficient (Wildman–Crippen LogP) is 1.89. The third-order valence-electron chi connectivity index (χ3n) is 2.29. The lowest BCUT2D eigenvalue weighted by atomic mass is 10.2. The topological polar surface area (TPSA) is 38.1 Å². The molecule has 0 aromatic carbocycles. The van der Waals surface area contributed by atoms with E-state index in [0.29, 0.717) is 0 Å². The Morgan fingerprint density at radius 1 is 1.47 bits per heavy atom. The van der Waals surface area contributed by atoms with Crippen LogP contribution in [-0.2, 0) is 5.75 Å². The molecule has 0 unspecified atom stereocenters. The fraction of sp³-hybridized carbons (Fsp3) is 0.600. The summed E-state index contributed by atoms with van der Waals surface area (Å²) in [5.74, 6) is 0.901. The summed E-state index contributed by atoms with van der Waals surface area (Å²) in [6.45, 7) is 3.88. The highest BCUT2D eigenvalue weighted by Crippen LogP contribution is 2.18. The molecule has 0 spiro atoms. The molecule has 0 fully saturated rings. The monoisotopic (exact) mass is 227 g/mol. The van der Waals surface area contributed by atoms with E-state index in [2.05, 4.69) is 5.10 Å². The van der Waals surface area contributed by atoms with Crippen LogP contribution in [0.5, 0.6) is 0 Å². The number of amides is 1. The van der Waals surface area contributed by atoms with Crippen molar-refractivity contribution in [2.24, 2.45) is 0 Å². The van der Waals surface area contributed by atoms with Gasteiger partial charge in [-0.1, -0.05) is 0 Å². The van der Waals surface area contributed by atoms with Crippen molar-refractivity contribution in [2.45, 2.75) is 19.6 Å². The van der Waals surface area contributed by atoms with E-state index in [1.165, 1.54) is 9.58 Å². The van der Waals surface area contributed by atoms with Gasteiger partial charge in [0, 0.05) is 25.4 Å². The van der Waals surface area contributed by atoms with Crippen LogP contribution in [0.2, 0.25) is 0 Å². The lowest BCUT2D eigenvalue weighted by Crippen LogP contribution is -2.29. The maximum Gasteiger partial charge on any atom is 0.344 e. The molecule has 0 bridgehead atoms. The Kier molecular flexibility index (Phi) is 3.79. The molecule has 0 aliphatic rings.